The van der Waals surface area contributed by atoms with Gasteiger partial charge in [0.15, 0.2) is 0 Å². The summed E-state index contributed by atoms with van der Waals surface area (Å²) in [4.78, 5) is 4.29. The van der Waals surface area contributed by atoms with E-state index < -0.39 is 5.60 Å². The van der Waals surface area contributed by atoms with E-state index in [0.717, 1.165) is 16.5 Å². The van der Waals surface area contributed by atoms with Crippen LogP contribution in [0.1, 0.15) is 12.0 Å². The van der Waals surface area contributed by atoms with E-state index in [1.54, 1.807) is 6.20 Å². The van der Waals surface area contributed by atoms with Gasteiger partial charge in [-0.05, 0) is 17.7 Å². The number of fused-ring (bicyclic) bond motifs is 1. The molecule has 1 N–H and O–H groups in total. The molecule has 1 aliphatic rings. The monoisotopic (exact) mass is 215 g/mol. The molecule has 16 heavy (non-hydrogen) atoms. The third-order valence-corrected chi connectivity index (χ3v) is 3.15. The minimum atomic E-state index is -0.845. The summed E-state index contributed by atoms with van der Waals surface area (Å²) in [5, 5.41) is 11.5. The molecule has 0 spiro atoms. The Morgan fingerprint density at radius 3 is 3.00 bits per heavy atom. The molecule has 1 atom stereocenters. The standard InChI is InChI=1S/C13H13NO2/c15-13(6-8-16-9-13)11-4-1-5-12-10(11)3-2-7-14-12/h1-5,7,15H,6,8-9H2. The Morgan fingerprint density at radius 1 is 1.25 bits per heavy atom. The van der Waals surface area contributed by atoms with Gasteiger partial charge in [-0.2, -0.15) is 0 Å². The summed E-state index contributed by atoms with van der Waals surface area (Å²) in [5.41, 5.74) is 0.999. The molecule has 1 fully saturated rings. The van der Waals surface area contributed by atoms with Gasteiger partial charge in [-0.25, -0.2) is 0 Å². The van der Waals surface area contributed by atoms with Crippen LogP contribution in [-0.4, -0.2) is 23.3 Å². The predicted octanol–water partition coefficient (Wildman–Crippen LogP) is 1.84. The van der Waals surface area contributed by atoms with Crippen molar-refractivity contribution >= 4 is 10.9 Å². The summed E-state index contributed by atoms with van der Waals surface area (Å²) in [7, 11) is 0. The summed E-state index contributed by atoms with van der Waals surface area (Å²) in [6, 6.07) is 9.73. The molecule has 0 saturated carbocycles. The van der Waals surface area contributed by atoms with Crippen molar-refractivity contribution in [3.05, 3.63) is 42.1 Å². The fourth-order valence-corrected chi connectivity index (χ4v) is 2.28. The quantitative estimate of drug-likeness (QED) is 0.789. The van der Waals surface area contributed by atoms with Crippen molar-refractivity contribution in [1.29, 1.82) is 0 Å². The zero-order valence-corrected chi connectivity index (χ0v) is 8.89. The second-order valence-electron chi connectivity index (χ2n) is 4.21. The Kier molecular flexibility index (Phi) is 2.16. The number of rotatable bonds is 1. The van der Waals surface area contributed by atoms with Crippen LogP contribution in [0.5, 0.6) is 0 Å². The molecule has 1 aliphatic heterocycles. The zero-order valence-electron chi connectivity index (χ0n) is 8.89. The summed E-state index contributed by atoms with van der Waals surface area (Å²) < 4.78 is 5.29. The van der Waals surface area contributed by atoms with Gasteiger partial charge in [-0.1, -0.05) is 18.2 Å². The molecule has 1 aromatic carbocycles. The highest BCUT2D eigenvalue weighted by atomic mass is 16.5. The molecular weight excluding hydrogens is 202 g/mol. The molecule has 1 unspecified atom stereocenters. The molecule has 2 heterocycles. The van der Waals surface area contributed by atoms with E-state index in [-0.39, 0.29) is 0 Å². The van der Waals surface area contributed by atoms with Crippen molar-refractivity contribution in [3.8, 4) is 0 Å². The van der Waals surface area contributed by atoms with E-state index >= 15 is 0 Å². The summed E-state index contributed by atoms with van der Waals surface area (Å²) >= 11 is 0. The van der Waals surface area contributed by atoms with Crippen molar-refractivity contribution < 1.29 is 9.84 Å². The Balaban J connectivity index is 2.23. The van der Waals surface area contributed by atoms with E-state index in [9.17, 15) is 5.11 Å². The maximum atomic E-state index is 10.5. The van der Waals surface area contributed by atoms with Crippen LogP contribution in [0, 0.1) is 0 Å². The summed E-state index contributed by atoms with van der Waals surface area (Å²) in [5.74, 6) is 0. The van der Waals surface area contributed by atoms with E-state index in [1.165, 1.54) is 0 Å². The van der Waals surface area contributed by atoms with Gasteiger partial charge in [0, 0.05) is 24.6 Å². The highest BCUT2D eigenvalue weighted by molar-refractivity contribution is 5.82. The number of hydrogen-bond acceptors (Lipinski definition) is 3. The fraction of sp³-hybridized carbons (Fsp3) is 0.308. The average Bonchev–Trinajstić information content (AvgIpc) is 2.77. The van der Waals surface area contributed by atoms with Crippen molar-refractivity contribution in [2.24, 2.45) is 0 Å². The van der Waals surface area contributed by atoms with Crippen LogP contribution in [0.15, 0.2) is 36.5 Å². The van der Waals surface area contributed by atoms with Crippen molar-refractivity contribution in [2.75, 3.05) is 13.2 Å². The van der Waals surface area contributed by atoms with Crippen LogP contribution < -0.4 is 0 Å². The number of ether oxygens (including phenoxy) is 1. The van der Waals surface area contributed by atoms with Crippen molar-refractivity contribution in [3.63, 3.8) is 0 Å². The maximum absolute atomic E-state index is 10.5. The molecule has 0 aliphatic carbocycles. The molecule has 3 rings (SSSR count). The minimum absolute atomic E-state index is 0.376. The van der Waals surface area contributed by atoms with Gasteiger partial charge >= 0.3 is 0 Å². The maximum Gasteiger partial charge on any atom is 0.116 e. The van der Waals surface area contributed by atoms with Crippen LogP contribution >= 0.6 is 0 Å². The Morgan fingerprint density at radius 2 is 2.19 bits per heavy atom. The lowest BCUT2D eigenvalue weighted by Crippen LogP contribution is -2.25. The van der Waals surface area contributed by atoms with E-state index in [4.69, 9.17) is 4.74 Å². The van der Waals surface area contributed by atoms with Crippen LogP contribution in [0.25, 0.3) is 10.9 Å². The lowest BCUT2D eigenvalue weighted by atomic mass is 9.90. The first-order valence-electron chi connectivity index (χ1n) is 5.44. The molecule has 3 heteroatoms. The van der Waals surface area contributed by atoms with Crippen LogP contribution in [0.4, 0.5) is 0 Å². The second-order valence-corrected chi connectivity index (χ2v) is 4.21. The molecule has 1 aromatic heterocycles. The van der Waals surface area contributed by atoms with Gasteiger partial charge in [-0.3, -0.25) is 4.98 Å². The molecule has 82 valence electrons. The Hall–Kier alpha value is -1.45. The third kappa shape index (κ3) is 1.40. The van der Waals surface area contributed by atoms with Gasteiger partial charge in [0.25, 0.3) is 0 Å². The SMILES string of the molecule is OC1(c2cccc3ncccc23)CCOC1. The highest BCUT2D eigenvalue weighted by Crippen LogP contribution is 2.34. The highest BCUT2D eigenvalue weighted by Gasteiger charge is 2.35. The molecule has 0 radical (unpaired) electrons. The molecule has 3 nitrogen and oxygen atoms in total. The van der Waals surface area contributed by atoms with Crippen LogP contribution in [-0.2, 0) is 10.3 Å². The van der Waals surface area contributed by atoms with Gasteiger partial charge in [0.1, 0.15) is 5.60 Å². The van der Waals surface area contributed by atoms with E-state index in [1.807, 2.05) is 30.3 Å². The van der Waals surface area contributed by atoms with Crippen LogP contribution in [0.2, 0.25) is 0 Å². The first-order chi connectivity index (χ1) is 7.80. The number of benzene rings is 1. The molecule has 0 bridgehead atoms. The lowest BCUT2D eigenvalue weighted by Gasteiger charge is -2.22. The topological polar surface area (TPSA) is 42.4 Å². The zero-order chi connectivity index (χ0) is 11.0. The number of aliphatic hydroxyl groups is 1. The number of aromatic nitrogens is 1. The molecule has 0 amide bonds. The molecular formula is C13H13NO2. The first-order valence-corrected chi connectivity index (χ1v) is 5.44. The van der Waals surface area contributed by atoms with Gasteiger partial charge in [-0.15, -0.1) is 0 Å². The Labute approximate surface area is 93.7 Å². The summed E-state index contributed by atoms with van der Waals surface area (Å²) in [6.07, 6.45) is 2.42. The Bertz CT molecular complexity index is 513. The number of pyridine rings is 1. The third-order valence-electron chi connectivity index (χ3n) is 3.15. The first kappa shape index (κ1) is 9.75. The average molecular weight is 215 g/mol. The molecule has 1 saturated heterocycles. The fourth-order valence-electron chi connectivity index (χ4n) is 2.28. The number of nitrogens with zero attached hydrogens (tertiary/aromatic N) is 1. The predicted molar refractivity (Wildman–Crippen MR) is 61.1 cm³/mol. The smallest absolute Gasteiger partial charge is 0.116 e. The van der Waals surface area contributed by atoms with Crippen molar-refractivity contribution in [2.45, 2.75) is 12.0 Å². The largest absolute Gasteiger partial charge is 0.383 e. The number of hydrogen-bond donors (Lipinski definition) is 1. The van der Waals surface area contributed by atoms with E-state index in [2.05, 4.69) is 4.98 Å². The summed E-state index contributed by atoms with van der Waals surface area (Å²) in [6.45, 7) is 0.994. The molecule has 2 aromatic rings. The van der Waals surface area contributed by atoms with Crippen LogP contribution in [0.3, 0.4) is 0 Å². The van der Waals surface area contributed by atoms with Gasteiger partial charge in [0.2, 0.25) is 0 Å². The van der Waals surface area contributed by atoms with Gasteiger partial charge in [0.05, 0.1) is 12.1 Å². The van der Waals surface area contributed by atoms with Gasteiger partial charge < -0.3 is 9.84 Å². The normalized spacial score (nSPS) is 25.1. The van der Waals surface area contributed by atoms with E-state index in [0.29, 0.717) is 19.6 Å². The van der Waals surface area contributed by atoms with Crippen molar-refractivity contribution in [1.82, 2.24) is 4.98 Å². The lowest BCUT2D eigenvalue weighted by molar-refractivity contribution is 0.0245. The minimum Gasteiger partial charge on any atom is -0.383 e. The second kappa shape index (κ2) is 3.54.